The number of amides is 4. The molecular weight excluding hydrogens is 508 g/mol. The first-order chi connectivity index (χ1) is 19.5. The molecule has 0 aromatic heterocycles. The van der Waals surface area contributed by atoms with E-state index in [1.165, 1.54) is 24.3 Å². The highest BCUT2D eigenvalue weighted by atomic mass is 16.5. The first-order valence-electron chi connectivity index (χ1n) is 12.4. The van der Waals surface area contributed by atoms with Crippen molar-refractivity contribution >= 4 is 40.1 Å². The van der Waals surface area contributed by atoms with Gasteiger partial charge in [0.25, 0.3) is 23.6 Å². The zero-order chi connectivity index (χ0) is 27.4. The quantitative estimate of drug-likeness (QED) is 0.277. The van der Waals surface area contributed by atoms with E-state index in [2.05, 4.69) is 5.32 Å². The van der Waals surface area contributed by atoms with Crippen molar-refractivity contribution in [2.24, 2.45) is 0 Å². The van der Waals surface area contributed by atoms with Crippen LogP contribution in [0.2, 0.25) is 0 Å². The van der Waals surface area contributed by atoms with Gasteiger partial charge in [-0.3, -0.25) is 24.5 Å². The minimum atomic E-state index is -0.559. The fourth-order valence-electron chi connectivity index (χ4n) is 5.06. The van der Waals surface area contributed by atoms with Gasteiger partial charge in [0, 0.05) is 39.1 Å². The summed E-state index contributed by atoms with van der Waals surface area (Å²) in [6.45, 7) is 0. The Hall–Kier alpha value is -5.76. The smallest absolute Gasteiger partial charge is 0.265 e. The lowest BCUT2D eigenvalue weighted by Gasteiger charge is -2.29. The SMILES string of the molecule is O=C1NC(=O)c2ccc3c4c(ccc1c24)C(=O)N(c1ccc(Oc2cccc(Oc4ccccc4)c2)cc1)C3=O. The van der Waals surface area contributed by atoms with Gasteiger partial charge in [0.15, 0.2) is 0 Å². The highest BCUT2D eigenvalue weighted by molar-refractivity contribution is 6.39. The number of carbonyl (C=O) groups excluding carboxylic acids is 4. The second kappa shape index (κ2) is 8.92. The van der Waals surface area contributed by atoms with Crippen LogP contribution in [0.5, 0.6) is 23.0 Å². The maximum atomic E-state index is 13.5. The van der Waals surface area contributed by atoms with E-state index in [4.69, 9.17) is 9.47 Å². The molecule has 0 radical (unpaired) electrons. The first kappa shape index (κ1) is 23.4. The number of hydrogen-bond acceptors (Lipinski definition) is 6. The third-order valence-electron chi connectivity index (χ3n) is 6.86. The van der Waals surface area contributed by atoms with Gasteiger partial charge < -0.3 is 9.47 Å². The Morgan fingerprint density at radius 1 is 0.475 bits per heavy atom. The van der Waals surface area contributed by atoms with Gasteiger partial charge in [-0.1, -0.05) is 24.3 Å². The minimum Gasteiger partial charge on any atom is -0.457 e. The van der Waals surface area contributed by atoms with Crippen LogP contribution >= 0.6 is 0 Å². The average Bonchev–Trinajstić information content (AvgIpc) is 2.96. The number of benzene rings is 5. The van der Waals surface area contributed by atoms with E-state index in [9.17, 15) is 19.2 Å². The van der Waals surface area contributed by atoms with Gasteiger partial charge in [0.2, 0.25) is 0 Å². The molecule has 192 valence electrons. The molecule has 0 unspecified atom stereocenters. The van der Waals surface area contributed by atoms with E-state index in [1.807, 2.05) is 42.5 Å². The molecule has 8 heteroatoms. The fourth-order valence-corrected chi connectivity index (χ4v) is 5.06. The second-order valence-electron chi connectivity index (χ2n) is 9.29. The minimum absolute atomic E-state index is 0.244. The molecule has 0 bridgehead atoms. The van der Waals surface area contributed by atoms with Crippen molar-refractivity contribution < 1.29 is 28.7 Å². The van der Waals surface area contributed by atoms with Gasteiger partial charge >= 0.3 is 0 Å². The molecule has 1 N–H and O–H groups in total. The molecule has 8 nitrogen and oxygen atoms in total. The molecule has 2 heterocycles. The molecule has 0 saturated carbocycles. The maximum absolute atomic E-state index is 13.5. The molecule has 5 aromatic carbocycles. The number of para-hydroxylation sites is 1. The van der Waals surface area contributed by atoms with Crippen LogP contribution in [0.4, 0.5) is 5.69 Å². The van der Waals surface area contributed by atoms with E-state index in [0.29, 0.717) is 39.5 Å². The van der Waals surface area contributed by atoms with E-state index in [-0.39, 0.29) is 22.3 Å². The van der Waals surface area contributed by atoms with Crippen LogP contribution in [0, 0.1) is 0 Å². The average molecular weight is 527 g/mol. The Kier molecular flexibility index (Phi) is 5.21. The predicted molar refractivity (Wildman–Crippen MR) is 146 cm³/mol. The molecular formula is C32H18N2O6. The molecule has 0 spiro atoms. The largest absolute Gasteiger partial charge is 0.457 e. The Morgan fingerprint density at radius 3 is 1.52 bits per heavy atom. The lowest BCUT2D eigenvalue weighted by molar-refractivity contribution is 0.0837. The van der Waals surface area contributed by atoms with Gasteiger partial charge in [-0.05, 0) is 72.8 Å². The third kappa shape index (κ3) is 3.70. The number of nitrogens with one attached hydrogen (secondary N) is 1. The summed E-state index contributed by atoms with van der Waals surface area (Å²) in [5.74, 6) is 0.171. The van der Waals surface area contributed by atoms with Crippen molar-refractivity contribution in [2.75, 3.05) is 4.90 Å². The van der Waals surface area contributed by atoms with Crippen LogP contribution in [-0.4, -0.2) is 23.6 Å². The van der Waals surface area contributed by atoms with Gasteiger partial charge in [0.05, 0.1) is 5.69 Å². The summed E-state index contributed by atoms with van der Waals surface area (Å²) in [6.07, 6.45) is 0. The summed E-state index contributed by atoms with van der Waals surface area (Å²) in [5.41, 5.74) is 1.35. The summed E-state index contributed by atoms with van der Waals surface area (Å²) >= 11 is 0. The zero-order valence-corrected chi connectivity index (χ0v) is 20.7. The number of rotatable bonds is 5. The lowest BCUT2D eigenvalue weighted by Crippen LogP contribution is -2.42. The number of carbonyl (C=O) groups is 4. The maximum Gasteiger partial charge on any atom is 0.265 e. The summed E-state index contributed by atoms with van der Waals surface area (Å²) in [6, 6.07) is 29.2. The lowest BCUT2D eigenvalue weighted by atomic mass is 9.86. The highest BCUT2D eigenvalue weighted by Crippen LogP contribution is 2.38. The molecule has 7 rings (SSSR count). The van der Waals surface area contributed by atoms with Crippen molar-refractivity contribution in [1.82, 2.24) is 5.32 Å². The van der Waals surface area contributed by atoms with E-state index in [1.54, 1.807) is 36.4 Å². The predicted octanol–water partition coefficient (Wildman–Crippen LogP) is 6.11. The zero-order valence-electron chi connectivity index (χ0n) is 20.7. The van der Waals surface area contributed by atoms with Crippen molar-refractivity contribution in [2.45, 2.75) is 0 Å². The van der Waals surface area contributed by atoms with Crippen molar-refractivity contribution in [3.05, 3.63) is 125 Å². The summed E-state index contributed by atoms with van der Waals surface area (Å²) in [7, 11) is 0. The molecule has 0 saturated heterocycles. The molecule has 2 aliphatic heterocycles. The first-order valence-corrected chi connectivity index (χ1v) is 12.4. The van der Waals surface area contributed by atoms with Crippen LogP contribution in [0.15, 0.2) is 103 Å². The van der Waals surface area contributed by atoms with Gasteiger partial charge in [0.1, 0.15) is 23.0 Å². The van der Waals surface area contributed by atoms with Crippen LogP contribution in [0.1, 0.15) is 41.4 Å². The number of anilines is 1. The van der Waals surface area contributed by atoms with Crippen LogP contribution in [0.25, 0.3) is 10.8 Å². The Labute approximate surface area is 227 Å². The number of imide groups is 2. The van der Waals surface area contributed by atoms with Gasteiger partial charge in [-0.25, -0.2) is 4.90 Å². The molecule has 2 aliphatic rings. The van der Waals surface area contributed by atoms with E-state index >= 15 is 0 Å². The fraction of sp³-hybridized carbons (Fsp3) is 0. The van der Waals surface area contributed by atoms with E-state index < -0.39 is 23.6 Å². The standard InChI is InChI=1S/C32H18N2O6/c35-29-23-13-15-25-28-26(16-14-24(27(23)28)30(36)33-29)32(38)34(31(25)37)18-9-11-20(12-10-18)40-22-8-4-7-21(17-22)39-19-5-2-1-3-6-19/h1-17H,(H,33,35,36). The second-order valence-corrected chi connectivity index (χ2v) is 9.29. The Bertz CT molecular complexity index is 1830. The molecule has 4 amide bonds. The van der Waals surface area contributed by atoms with Crippen molar-refractivity contribution in [3.8, 4) is 23.0 Å². The summed E-state index contributed by atoms with van der Waals surface area (Å²) in [5, 5.41) is 2.93. The monoisotopic (exact) mass is 526 g/mol. The van der Waals surface area contributed by atoms with Crippen molar-refractivity contribution in [1.29, 1.82) is 0 Å². The van der Waals surface area contributed by atoms with Crippen molar-refractivity contribution in [3.63, 3.8) is 0 Å². The number of nitrogens with zero attached hydrogens (tertiary/aromatic N) is 1. The normalized spacial score (nSPS) is 13.8. The third-order valence-corrected chi connectivity index (χ3v) is 6.86. The molecule has 0 fully saturated rings. The Balaban J connectivity index is 1.17. The topological polar surface area (TPSA) is 102 Å². The number of ether oxygens (including phenoxy) is 2. The molecule has 0 atom stereocenters. The molecule has 0 aliphatic carbocycles. The van der Waals surface area contributed by atoms with Gasteiger partial charge in [-0.15, -0.1) is 0 Å². The molecule has 5 aromatic rings. The van der Waals surface area contributed by atoms with E-state index in [0.717, 1.165) is 4.90 Å². The highest BCUT2D eigenvalue weighted by Gasteiger charge is 2.37. The van der Waals surface area contributed by atoms with Gasteiger partial charge in [-0.2, -0.15) is 0 Å². The summed E-state index contributed by atoms with van der Waals surface area (Å²) in [4.78, 5) is 53.0. The summed E-state index contributed by atoms with van der Waals surface area (Å²) < 4.78 is 11.8. The van der Waals surface area contributed by atoms with Crippen LogP contribution in [-0.2, 0) is 0 Å². The van der Waals surface area contributed by atoms with Crippen LogP contribution < -0.4 is 19.7 Å². The Morgan fingerprint density at radius 2 is 0.950 bits per heavy atom. The molecule has 40 heavy (non-hydrogen) atoms. The number of hydrogen-bond donors (Lipinski definition) is 1. The van der Waals surface area contributed by atoms with Crippen LogP contribution in [0.3, 0.4) is 0 Å².